The van der Waals surface area contributed by atoms with E-state index in [1.54, 1.807) is 6.92 Å². The van der Waals surface area contributed by atoms with Gasteiger partial charge in [-0.1, -0.05) is 11.6 Å². The molecule has 0 saturated heterocycles. The van der Waals surface area contributed by atoms with Crippen LogP contribution in [-0.2, 0) is 4.79 Å². The number of carbonyl (C=O) groups is 1. The first kappa shape index (κ1) is 10.6. The van der Waals surface area contributed by atoms with Crippen molar-refractivity contribution in [1.82, 2.24) is 0 Å². The third-order valence-corrected chi connectivity index (χ3v) is 2.47. The summed E-state index contributed by atoms with van der Waals surface area (Å²) in [6, 6.07) is -0.742. The van der Waals surface area contributed by atoms with Crippen molar-refractivity contribution in [2.45, 2.75) is 17.8 Å². The normalized spacial score (nSPS) is 33.7. The van der Waals surface area contributed by atoms with Crippen LogP contribution in [-0.4, -0.2) is 22.0 Å². The summed E-state index contributed by atoms with van der Waals surface area (Å²) in [4.78, 5) is 9.77. The highest BCUT2D eigenvalue weighted by Gasteiger charge is 2.35. The van der Waals surface area contributed by atoms with Gasteiger partial charge in [0.15, 0.2) is 0 Å². The van der Waals surface area contributed by atoms with Crippen LogP contribution >= 0.6 is 23.2 Å². The third kappa shape index (κ3) is 2.05. The molecule has 1 rings (SSSR count). The van der Waals surface area contributed by atoms with E-state index in [0.717, 1.165) is 0 Å². The molecule has 2 unspecified atom stereocenters. The average molecular weight is 222 g/mol. The van der Waals surface area contributed by atoms with E-state index in [4.69, 9.17) is 34.0 Å². The maximum atomic E-state index is 10.7. The van der Waals surface area contributed by atoms with Gasteiger partial charge in [0, 0.05) is 5.03 Å². The molecule has 0 spiro atoms. The Hall–Kier alpha value is -0.510. The molecule has 2 atom stereocenters. The number of carboxylic acid groups (broad SMARTS) is 1. The Bertz CT molecular complexity index is 307. The lowest BCUT2D eigenvalue weighted by Gasteiger charge is -2.29. The number of aliphatic carboxylic acids is 1. The highest BCUT2D eigenvalue weighted by atomic mass is 35.5. The molecule has 1 aliphatic carbocycles. The SMILES string of the molecule is CC1(Cl)C=C(Cl)C=C(C(=O)O)C1N. The standard InChI is InChI=1S/C8H9Cl2NO2/c1-8(10)3-4(9)2-5(6(8)11)7(12)13/h2-3,6H,11H2,1H3,(H,12,13). The van der Waals surface area contributed by atoms with E-state index in [-0.39, 0.29) is 5.57 Å². The number of carboxylic acids is 1. The van der Waals surface area contributed by atoms with Gasteiger partial charge in [0.1, 0.15) is 0 Å². The summed E-state index contributed by atoms with van der Waals surface area (Å²) in [7, 11) is 0. The maximum absolute atomic E-state index is 10.7. The molecule has 0 aliphatic heterocycles. The second kappa shape index (κ2) is 3.33. The summed E-state index contributed by atoms with van der Waals surface area (Å²) in [6.45, 7) is 1.62. The van der Waals surface area contributed by atoms with Gasteiger partial charge in [-0.25, -0.2) is 4.79 Å². The van der Waals surface area contributed by atoms with Gasteiger partial charge in [-0.05, 0) is 19.1 Å². The summed E-state index contributed by atoms with van der Waals surface area (Å²) in [5, 5.41) is 9.07. The van der Waals surface area contributed by atoms with E-state index in [0.29, 0.717) is 5.03 Å². The molecule has 3 nitrogen and oxygen atoms in total. The summed E-state index contributed by atoms with van der Waals surface area (Å²) in [5.41, 5.74) is 5.67. The Morgan fingerprint density at radius 3 is 2.77 bits per heavy atom. The van der Waals surface area contributed by atoms with Gasteiger partial charge in [-0.3, -0.25) is 0 Å². The summed E-state index contributed by atoms with van der Waals surface area (Å²) in [5.74, 6) is -1.09. The first-order valence-electron chi connectivity index (χ1n) is 3.62. The minimum absolute atomic E-state index is 0.0324. The van der Waals surface area contributed by atoms with Crippen molar-refractivity contribution >= 4 is 29.2 Å². The predicted octanol–water partition coefficient (Wildman–Crippen LogP) is 1.46. The second-order valence-electron chi connectivity index (χ2n) is 3.06. The summed E-state index contributed by atoms with van der Waals surface area (Å²) in [6.07, 6.45) is 2.85. The van der Waals surface area contributed by atoms with Crippen LogP contribution in [0.2, 0.25) is 0 Å². The largest absolute Gasteiger partial charge is 0.478 e. The van der Waals surface area contributed by atoms with Gasteiger partial charge < -0.3 is 10.8 Å². The summed E-state index contributed by atoms with van der Waals surface area (Å²) < 4.78 is 0. The van der Waals surface area contributed by atoms with Crippen molar-refractivity contribution in [1.29, 1.82) is 0 Å². The van der Waals surface area contributed by atoms with E-state index in [1.165, 1.54) is 12.2 Å². The number of alkyl halides is 1. The fourth-order valence-corrected chi connectivity index (χ4v) is 1.77. The molecule has 3 N–H and O–H groups in total. The zero-order valence-corrected chi connectivity index (χ0v) is 8.43. The van der Waals surface area contributed by atoms with Crippen molar-refractivity contribution in [2.24, 2.45) is 5.73 Å². The Balaban J connectivity index is 3.12. The molecule has 0 saturated carbocycles. The van der Waals surface area contributed by atoms with Gasteiger partial charge in [0.05, 0.1) is 16.5 Å². The molecule has 0 aromatic carbocycles. The molecule has 0 amide bonds. The molecule has 13 heavy (non-hydrogen) atoms. The van der Waals surface area contributed by atoms with Crippen LogP contribution in [0.1, 0.15) is 6.92 Å². The molecular weight excluding hydrogens is 213 g/mol. The number of rotatable bonds is 1. The third-order valence-electron chi connectivity index (χ3n) is 1.90. The smallest absolute Gasteiger partial charge is 0.333 e. The van der Waals surface area contributed by atoms with E-state index in [2.05, 4.69) is 0 Å². The molecule has 0 aromatic rings. The van der Waals surface area contributed by atoms with Crippen molar-refractivity contribution in [3.63, 3.8) is 0 Å². The Labute approximate surface area is 85.8 Å². The molecule has 0 radical (unpaired) electrons. The average Bonchev–Trinajstić information content (AvgIpc) is 1.95. The molecule has 0 bridgehead atoms. The molecular formula is C8H9Cl2NO2. The predicted molar refractivity (Wildman–Crippen MR) is 51.9 cm³/mol. The van der Waals surface area contributed by atoms with Gasteiger partial charge in [0.25, 0.3) is 0 Å². The molecule has 5 heteroatoms. The highest BCUT2D eigenvalue weighted by Crippen LogP contribution is 2.32. The van der Waals surface area contributed by atoms with Gasteiger partial charge in [-0.2, -0.15) is 0 Å². The van der Waals surface area contributed by atoms with Crippen LogP contribution in [0.4, 0.5) is 0 Å². The number of nitrogens with two attached hydrogens (primary N) is 1. The number of hydrogen-bond donors (Lipinski definition) is 2. The highest BCUT2D eigenvalue weighted by molar-refractivity contribution is 6.34. The van der Waals surface area contributed by atoms with Crippen molar-refractivity contribution in [3.8, 4) is 0 Å². The zero-order valence-electron chi connectivity index (χ0n) is 6.92. The molecule has 0 aromatic heterocycles. The fraction of sp³-hybridized carbons (Fsp3) is 0.375. The number of halogens is 2. The quantitative estimate of drug-likeness (QED) is 0.660. The van der Waals surface area contributed by atoms with Crippen LogP contribution in [0.15, 0.2) is 22.8 Å². The van der Waals surface area contributed by atoms with Crippen LogP contribution in [0.3, 0.4) is 0 Å². The lowest BCUT2D eigenvalue weighted by molar-refractivity contribution is -0.133. The second-order valence-corrected chi connectivity index (χ2v) is 4.31. The lowest BCUT2D eigenvalue weighted by atomic mass is 9.90. The van der Waals surface area contributed by atoms with Gasteiger partial charge >= 0.3 is 5.97 Å². The van der Waals surface area contributed by atoms with Crippen molar-refractivity contribution in [3.05, 3.63) is 22.8 Å². The van der Waals surface area contributed by atoms with Crippen molar-refractivity contribution < 1.29 is 9.90 Å². The summed E-state index contributed by atoms with van der Waals surface area (Å²) >= 11 is 11.7. The van der Waals surface area contributed by atoms with Crippen LogP contribution in [0.25, 0.3) is 0 Å². The Morgan fingerprint density at radius 1 is 1.77 bits per heavy atom. The van der Waals surface area contributed by atoms with Crippen molar-refractivity contribution in [2.75, 3.05) is 0 Å². The lowest BCUT2D eigenvalue weighted by Crippen LogP contribution is -2.44. The van der Waals surface area contributed by atoms with Crippen LogP contribution < -0.4 is 5.73 Å². The number of allylic oxidation sites excluding steroid dienone is 2. The van der Waals surface area contributed by atoms with Crippen LogP contribution in [0, 0.1) is 0 Å². The first-order valence-corrected chi connectivity index (χ1v) is 4.38. The maximum Gasteiger partial charge on any atom is 0.333 e. The molecule has 72 valence electrons. The zero-order chi connectivity index (χ0) is 10.2. The Morgan fingerprint density at radius 2 is 2.31 bits per heavy atom. The van der Waals surface area contributed by atoms with E-state index in [1.807, 2.05) is 0 Å². The molecule has 0 heterocycles. The fourth-order valence-electron chi connectivity index (χ4n) is 1.14. The van der Waals surface area contributed by atoms with E-state index < -0.39 is 16.9 Å². The number of hydrogen-bond acceptors (Lipinski definition) is 2. The van der Waals surface area contributed by atoms with E-state index in [9.17, 15) is 4.79 Å². The first-order chi connectivity index (χ1) is 5.84. The molecule has 1 aliphatic rings. The van der Waals surface area contributed by atoms with Gasteiger partial charge in [0.2, 0.25) is 0 Å². The molecule has 0 fully saturated rings. The monoisotopic (exact) mass is 221 g/mol. The minimum atomic E-state index is -1.09. The van der Waals surface area contributed by atoms with E-state index >= 15 is 0 Å². The van der Waals surface area contributed by atoms with Crippen LogP contribution in [0.5, 0.6) is 0 Å². The minimum Gasteiger partial charge on any atom is -0.478 e. The Kier molecular flexibility index (Phi) is 2.71. The topological polar surface area (TPSA) is 63.3 Å². The van der Waals surface area contributed by atoms with Gasteiger partial charge in [-0.15, -0.1) is 11.6 Å².